The standard InChI is InChI=1S/C15H16BrNO2/c1-9-2-7-12-13(8-9)15(19)17(14(12)18)11-5-3-10(16)4-6-11/h3-6,9,12-13H,2,7-8H2,1H3/t9-,12+,13+/m0/s1. The molecule has 0 aromatic heterocycles. The van der Waals surface area contributed by atoms with Crippen LogP contribution in [0.5, 0.6) is 0 Å². The molecule has 1 aromatic rings. The SMILES string of the molecule is C[C@H]1CC[C@H]2C(=O)N(c3ccc(Br)cc3)C(=O)[C@@H]2C1. The summed E-state index contributed by atoms with van der Waals surface area (Å²) in [6.07, 6.45) is 2.75. The lowest BCUT2D eigenvalue weighted by atomic mass is 9.76. The summed E-state index contributed by atoms with van der Waals surface area (Å²) in [6, 6.07) is 7.36. The van der Waals surface area contributed by atoms with Gasteiger partial charge in [-0.1, -0.05) is 22.9 Å². The molecule has 1 aromatic carbocycles. The summed E-state index contributed by atoms with van der Waals surface area (Å²) in [4.78, 5) is 26.3. The molecule has 1 saturated heterocycles. The Labute approximate surface area is 121 Å². The van der Waals surface area contributed by atoms with Crippen molar-refractivity contribution < 1.29 is 9.59 Å². The number of hydrogen-bond donors (Lipinski definition) is 0. The Kier molecular flexibility index (Phi) is 3.21. The second kappa shape index (κ2) is 4.75. The van der Waals surface area contributed by atoms with E-state index in [0.29, 0.717) is 11.6 Å². The van der Waals surface area contributed by atoms with E-state index in [4.69, 9.17) is 0 Å². The number of rotatable bonds is 1. The minimum Gasteiger partial charge on any atom is -0.274 e. The van der Waals surface area contributed by atoms with Gasteiger partial charge in [-0.15, -0.1) is 0 Å². The van der Waals surface area contributed by atoms with Gasteiger partial charge in [0.15, 0.2) is 0 Å². The molecule has 0 radical (unpaired) electrons. The van der Waals surface area contributed by atoms with E-state index in [1.54, 1.807) is 0 Å². The number of imide groups is 1. The van der Waals surface area contributed by atoms with Crippen molar-refractivity contribution in [3.8, 4) is 0 Å². The first-order chi connectivity index (χ1) is 9.08. The van der Waals surface area contributed by atoms with Crippen molar-refractivity contribution >= 4 is 33.4 Å². The number of carbonyl (C=O) groups is 2. The zero-order valence-electron chi connectivity index (χ0n) is 10.8. The molecule has 1 aliphatic carbocycles. The molecule has 1 saturated carbocycles. The van der Waals surface area contributed by atoms with Gasteiger partial charge in [0.1, 0.15) is 0 Å². The first-order valence-electron chi connectivity index (χ1n) is 6.71. The van der Waals surface area contributed by atoms with E-state index >= 15 is 0 Å². The fourth-order valence-corrected chi connectivity index (χ4v) is 3.50. The van der Waals surface area contributed by atoms with E-state index in [1.807, 2.05) is 24.3 Å². The smallest absolute Gasteiger partial charge is 0.237 e. The van der Waals surface area contributed by atoms with Crippen molar-refractivity contribution in [3.05, 3.63) is 28.7 Å². The number of anilines is 1. The molecular formula is C15H16BrNO2. The molecule has 3 atom stereocenters. The molecule has 2 amide bonds. The molecule has 1 heterocycles. The van der Waals surface area contributed by atoms with Gasteiger partial charge in [-0.05, 0) is 49.4 Å². The van der Waals surface area contributed by atoms with Crippen LogP contribution in [0.1, 0.15) is 26.2 Å². The van der Waals surface area contributed by atoms with Crippen LogP contribution in [0.3, 0.4) is 0 Å². The van der Waals surface area contributed by atoms with Crippen molar-refractivity contribution in [2.75, 3.05) is 4.90 Å². The predicted octanol–water partition coefficient (Wildman–Crippen LogP) is 3.37. The zero-order chi connectivity index (χ0) is 13.6. The number of fused-ring (bicyclic) bond motifs is 1. The van der Waals surface area contributed by atoms with Gasteiger partial charge in [-0.2, -0.15) is 0 Å². The lowest BCUT2D eigenvalue weighted by molar-refractivity contribution is -0.122. The fraction of sp³-hybridized carbons (Fsp3) is 0.467. The Balaban J connectivity index is 1.93. The van der Waals surface area contributed by atoms with Crippen LogP contribution in [0.4, 0.5) is 5.69 Å². The molecule has 0 unspecified atom stereocenters. The molecule has 0 bridgehead atoms. The highest BCUT2D eigenvalue weighted by Gasteiger charge is 2.49. The molecule has 1 aliphatic heterocycles. The van der Waals surface area contributed by atoms with Crippen molar-refractivity contribution in [2.45, 2.75) is 26.2 Å². The van der Waals surface area contributed by atoms with Crippen LogP contribution in [-0.4, -0.2) is 11.8 Å². The van der Waals surface area contributed by atoms with Crippen molar-refractivity contribution in [2.24, 2.45) is 17.8 Å². The van der Waals surface area contributed by atoms with Crippen LogP contribution >= 0.6 is 15.9 Å². The Bertz CT molecular complexity index is 525. The molecule has 19 heavy (non-hydrogen) atoms. The molecule has 0 N–H and O–H groups in total. The molecule has 2 fully saturated rings. The number of hydrogen-bond acceptors (Lipinski definition) is 2. The summed E-state index contributed by atoms with van der Waals surface area (Å²) in [6.45, 7) is 2.16. The molecule has 4 heteroatoms. The summed E-state index contributed by atoms with van der Waals surface area (Å²) in [5.74, 6) is 0.336. The highest BCUT2D eigenvalue weighted by molar-refractivity contribution is 9.10. The molecule has 3 rings (SSSR count). The minimum absolute atomic E-state index is 0.00998. The first kappa shape index (κ1) is 12.9. The number of halogens is 1. The normalized spacial score (nSPS) is 30.6. The number of benzene rings is 1. The van der Waals surface area contributed by atoms with Gasteiger partial charge in [-0.3, -0.25) is 14.5 Å². The average Bonchev–Trinajstić information content (AvgIpc) is 2.63. The molecule has 0 spiro atoms. The van der Waals surface area contributed by atoms with Crippen LogP contribution in [0, 0.1) is 17.8 Å². The summed E-state index contributed by atoms with van der Waals surface area (Å²) >= 11 is 3.36. The van der Waals surface area contributed by atoms with Gasteiger partial charge in [-0.25, -0.2) is 0 Å². The maximum atomic E-state index is 12.5. The Morgan fingerprint density at radius 2 is 1.68 bits per heavy atom. The van der Waals surface area contributed by atoms with Crippen LogP contribution in [0.2, 0.25) is 0 Å². The van der Waals surface area contributed by atoms with Crippen molar-refractivity contribution in [1.29, 1.82) is 0 Å². The minimum atomic E-state index is -0.0973. The van der Waals surface area contributed by atoms with Gasteiger partial charge >= 0.3 is 0 Å². The van der Waals surface area contributed by atoms with Crippen LogP contribution < -0.4 is 4.90 Å². The Morgan fingerprint density at radius 1 is 1.05 bits per heavy atom. The highest BCUT2D eigenvalue weighted by Crippen LogP contribution is 2.42. The topological polar surface area (TPSA) is 37.4 Å². The van der Waals surface area contributed by atoms with E-state index < -0.39 is 0 Å². The van der Waals surface area contributed by atoms with Crippen molar-refractivity contribution in [3.63, 3.8) is 0 Å². The first-order valence-corrected chi connectivity index (χ1v) is 7.50. The third-order valence-electron chi connectivity index (χ3n) is 4.27. The lowest BCUT2D eigenvalue weighted by Gasteiger charge is -2.25. The second-order valence-corrected chi connectivity index (χ2v) is 6.54. The maximum absolute atomic E-state index is 12.5. The van der Waals surface area contributed by atoms with Gasteiger partial charge in [0.25, 0.3) is 0 Å². The number of nitrogens with zero attached hydrogens (tertiary/aromatic N) is 1. The summed E-state index contributed by atoms with van der Waals surface area (Å²) in [7, 11) is 0. The maximum Gasteiger partial charge on any atom is 0.237 e. The van der Waals surface area contributed by atoms with Gasteiger partial charge in [0.05, 0.1) is 17.5 Å². The van der Waals surface area contributed by atoms with E-state index in [1.165, 1.54) is 4.90 Å². The van der Waals surface area contributed by atoms with Gasteiger partial charge in [0.2, 0.25) is 11.8 Å². The molecule has 100 valence electrons. The van der Waals surface area contributed by atoms with Crippen LogP contribution in [0.15, 0.2) is 28.7 Å². The zero-order valence-corrected chi connectivity index (χ0v) is 12.4. The van der Waals surface area contributed by atoms with E-state index in [2.05, 4.69) is 22.9 Å². The summed E-state index contributed by atoms with van der Waals surface area (Å²) in [5.41, 5.74) is 0.695. The third-order valence-corrected chi connectivity index (χ3v) is 4.80. The van der Waals surface area contributed by atoms with Crippen LogP contribution in [-0.2, 0) is 9.59 Å². The summed E-state index contributed by atoms with van der Waals surface area (Å²) < 4.78 is 0.946. The molecular weight excluding hydrogens is 306 g/mol. The fourth-order valence-electron chi connectivity index (χ4n) is 3.23. The molecule has 2 aliphatic rings. The number of carbonyl (C=O) groups excluding carboxylic acids is 2. The Morgan fingerprint density at radius 3 is 2.37 bits per heavy atom. The summed E-state index contributed by atoms with van der Waals surface area (Å²) in [5, 5.41) is 0. The third kappa shape index (κ3) is 2.12. The lowest BCUT2D eigenvalue weighted by Crippen LogP contribution is -2.30. The van der Waals surface area contributed by atoms with Crippen LogP contribution in [0.25, 0.3) is 0 Å². The number of amides is 2. The van der Waals surface area contributed by atoms with Gasteiger partial charge < -0.3 is 0 Å². The Hall–Kier alpha value is -1.16. The van der Waals surface area contributed by atoms with Gasteiger partial charge in [0, 0.05) is 4.47 Å². The quantitative estimate of drug-likeness (QED) is 0.744. The highest BCUT2D eigenvalue weighted by atomic mass is 79.9. The monoisotopic (exact) mass is 321 g/mol. The van der Waals surface area contributed by atoms with E-state index in [-0.39, 0.29) is 23.7 Å². The van der Waals surface area contributed by atoms with E-state index in [0.717, 1.165) is 23.7 Å². The second-order valence-electron chi connectivity index (χ2n) is 5.62. The van der Waals surface area contributed by atoms with E-state index in [9.17, 15) is 9.59 Å². The largest absolute Gasteiger partial charge is 0.274 e. The average molecular weight is 322 g/mol. The van der Waals surface area contributed by atoms with Crippen molar-refractivity contribution in [1.82, 2.24) is 0 Å². The predicted molar refractivity (Wildman–Crippen MR) is 76.6 cm³/mol. The molecule has 3 nitrogen and oxygen atoms in total.